The molecule has 1 saturated heterocycles. The van der Waals surface area contributed by atoms with Gasteiger partial charge in [-0.15, -0.1) is 11.3 Å². The third kappa shape index (κ3) is 2.40. The van der Waals surface area contributed by atoms with Crippen LogP contribution in [0.3, 0.4) is 0 Å². The lowest BCUT2D eigenvalue weighted by molar-refractivity contribution is 0.267. The minimum atomic E-state index is 0.740. The van der Waals surface area contributed by atoms with Gasteiger partial charge in [0.25, 0.3) is 0 Å². The Morgan fingerprint density at radius 3 is 3.07 bits per heavy atom. The lowest BCUT2D eigenvalue weighted by Crippen LogP contribution is -2.29. The highest BCUT2D eigenvalue weighted by Gasteiger charge is 2.23. The summed E-state index contributed by atoms with van der Waals surface area (Å²) >= 11 is 9.02. The van der Waals surface area contributed by atoms with Crippen molar-refractivity contribution in [2.24, 2.45) is 0 Å². The fourth-order valence-electron chi connectivity index (χ4n) is 1.90. The monoisotopic (exact) mass is 337 g/mol. The number of rotatable bonds is 3. The molecule has 4 heteroatoms. The number of likely N-dealkylation sites (tertiary alicyclic amines) is 1. The zero-order valence-corrected chi connectivity index (χ0v) is 11.9. The molecule has 78 valence electrons. The van der Waals surface area contributed by atoms with E-state index in [1.165, 1.54) is 28.7 Å². The summed E-state index contributed by atoms with van der Waals surface area (Å²) in [6.07, 6.45) is 2.69. The van der Waals surface area contributed by atoms with Crippen molar-refractivity contribution in [2.45, 2.75) is 25.4 Å². The molecule has 1 fully saturated rings. The Morgan fingerprint density at radius 1 is 1.57 bits per heavy atom. The van der Waals surface area contributed by atoms with Crippen LogP contribution in [0.4, 0.5) is 0 Å². The molecule has 0 spiro atoms. The summed E-state index contributed by atoms with van der Waals surface area (Å²) in [5.41, 5.74) is 0. The van der Waals surface area contributed by atoms with E-state index in [1.807, 2.05) is 11.3 Å². The van der Waals surface area contributed by atoms with Crippen molar-refractivity contribution < 1.29 is 0 Å². The van der Waals surface area contributed by atoms with E-state index in [9.17, 15) is 0 Å². The van der Waals surface area contributed by atoms with E-state index < -0.39 is 0 Å². The highest BCUT2D eigenvalue weighted by molar-refractivity contribution is 9.10. The van der Waals surface area contributed by atoms with Gasteiger partial charge < -0.3 is 0 Å². The molecular weight excluding hydrogens is 326 g/mol. The molecule has 0 N–H and O–H groups in total. The molecule has 1 nitrogen and oxygen atoms in total. The van der Waals surface area contributed by atoms with E-state index in [0.717, 1.165) is 17.9 Å². The molecule has 2 rings (SSSR count). The number of hydrogen-bond acceptors (Lipinski definition) is 2. The molecule has 1 unspecified atom stereocenters. The van der Waals surface area contributed by atoms with Crippen molar-refractivity contribution in [1.29, 1.82) is 0 Å². The zero-order chi connectivity index (χ0) is 9.97. The smallest absolute Gasteiger partial charge is 0.0342 e. The minimum absolute atomic E-state index is 0.740. The topological polar surface area (TPSA) is 3.24 Å². The standard InChI is InChI=1S/C10H13Br2NS/c11-6-8-2-1-4-13(8)7-10-9(12)3-5-14-10/h3,5,8H,1-2,4,6-7H2. The summed E-state index contributed by atoms with van der Waals surface area (Å²) in [5.74, 6) is 0. The van der Waals surface area contributed by atoms with Crippen LogP contribution in [-0.4, -0.2) is 22.8 Å². The Labute approximate surface area is 106 Å². The van der Waals surface area contributed by atoms with Crippen molar-refractivity contribution >= 4 is 43.2 Å². The minimum Gasteiger partial charge on any atom is -0.294 e. The summed E-state index contributed by atoms with van der Waals surface area (Å²) in [6.45, 7) is 2.36. The predicted octanol–water partition coefficient (Wildman–Crippen LogP) is 3.87. The zero-order valence-electron chi connectivity index (χ0n) is 7.88. The third-order valence-corrected chi connectivity index (χ3v) is 5.37. The lowest BCUT2D eigenvalue weighted by Gasteiger charge is -2.21. The molecule has 0 aliphatic carbocycles. The third-order valence-electron chi connectivity index (χ3n) is 2.71. The maximum Gasteiger partial charge on any atom is 0.0342 e. The fourth-order valence-corrected chi connectivity index (χ4v) is 4.14. The second kappa shape index (κ2) is 5.10. The van der Waals surface area contributed by atoms with Crippen LogP contribution in [0, 0.1) is 0 Å². The highest BCUT2D eigenvalue weighted by Crippen LogP contribution is 2.28. The average Bonchev–Trinajstić information content (AvgIpc) is 2.77. The normalized spacial score (nSPS) is 23.1. The summed E-state index contributed by atoms with van der Waals surface area (Å²) < 4.78 is 1.27. The molecule has 0 saturated carbocycles. The van der Waals surface area contributed by atoms with Crippen molar-refractivity contribution in [3.05, 3.63) is 20.8 Å². The van der Waals surface area contributed by atoms with Crippen LogP contribution < -0.4 is 0 Å². The Kier molecular flexibility index (Phi) is 4.05. The lowest BCUT2D eigenvalue weighted by atomic mass is 10.2. The molecule has 0 aromatic carbocycles. The van der Waals surface area contributed by atoms with Gasteiger partial charge in [-0.05, 0) is 46.8 Å². The first-order chi connectivity index (χ1) is 6.81. The Hall–Kier alpha value is 0.620. The SMILES string of the molecule is BrCC1CCCN1Cc1sccc1Br. The number of halogens is 2. The molecule has 0 amide bonds. The van der Waals surface area contributed by atoms with E-state index in [-0.39, 0.29) is 0 Å². The summed E-state index contributed by atoms with van der Waals surface area (Å²) in [7, 11) is 0. The first-order valence-electron chi connectivity index (χ1n) is 4.83. The van der Waals surface area contributed by atoms with Crippen LogP contribution in [0.25, 0.3) is 0 Å². The number of nitrogens with zero attached hydrogens (tertiary/aromatic N) is 1. The van der Waals surface area contributed by atoms with Crippen LogP contribution in [-0.2, 0) is 6.54 Å². The molecule has 1 aliphatic rings. The van der Waals surface area contributed by atoms with Gasteiger partial charge in [0.15, 0.2) is 0 Å². The molecule has 2 heterocycles. The van der Waals surface area contributed by atoms with Crippen LogP contribution in [0.5, 0.6) is 0 Å². The van der Waals surface area contributed by atoms with Crippen LogP contribution >= 0.6 is 43.2 Å². The van der Waals surface area contributed by atoms with Gasteiger partial charge in [-0.2, -0.15) is 0 Å². The van der Waals surface area contributed by atoms with Gasteiger partial charge in [-0.1, -0.05) is 15.9 Å². The van der Waals surface area contributed by atoms with Gasteiger partial charge in [0.05, 0.1) is 0 Å². The van der Waals surface area contributed by atoms with Gasteiger partial charge in [0.1, 0.15) is 0 Å². The quantitative estimate of drug-likeness (QED) is 0.756. The highest BCUT2D eigenvalue weighted by atomic mass is 79.9. The van der Waals surface area contributed by atoms with Gasteiger partial charge >= 0.3 is 0 Å². The van der Waals surface area contributed by atoms with Crippen LogP contribution in [0.1, 0.15) is 17.7 Å². The molecule has 1 atom stereocenters. The molecule has 1 aliphatic heterocycles. The van der Waals surface area contributed by atoms with Crippen molar-refractivity contribution in [1.82, 2.24) is 4.90 Å². The molecule has 14 heavy (non-hydrogen) atoms. The molecule has 0 radical (unpaired) electrons. The fraction of sp³-hybridized carbons (Fsp3) is 0.600. The van der Waals surface area contributed by atoms with Crippen LogP contribution in [0.15, 0.2) is 15.9 Å². The van der Waals surface area contributed by atoms with Crippen LogP contribution in [0.2, 0.25) is 0 Å². The van der Waals surface area contributed by atoms with Gasteiger partial charge in [-0.25, -0.2) is 0 Å². The van der Waals surface area contributed by atoms with Crippen molar-refractivity contribution in [3.8, 4) is 0 Å². The van der Waals surface area contributed by atoms with E-state index in [2.05, 4.69) is 48.2 Å². The Balaban J connectivity index is 2.00. The number of hydrogen-bond donors (Lipinski definition) is 0. The Morgan fingerprint density at radius 2 is 2.43 bits per heavy atom. The second-order valence-electron chi connectivity index (χ2n) is 3.61. The first-order valence-corrected chi connectivity index (χ1v) is 7.62. The molecule has 1 aromatic heterocycles. The van der Waals surface area contributed by atoms with E-state index in [1.54, 1.807) is 0 Å². The molecule has 0 bridgehead atoms. The molecular formula is C10H13Br2NS. The summed E-state index contributed by atoms with van der Waals surface area (Å²) in [6, 6.07) is 2.88. The molecule has 1 aromatic rings. The average molecular weight is 339 g/mol. The van der Waals surface area contributed by atoms with E-state index in [4.69, 9.17) is 0 Å². The van der Waals surface area contributed by atoms with Crippen molar-refractivity contribution in [2.75, 3.05) is 11.9 Å². The van der Waals surface area contributed by atoms with E-state index >= 15 is 0 Å². The second-order valence-corrected chi connectivity index (χ2v) is 6.12. The first kappa shape index (κ1) is 11.1. The van der Waals surface area contributed by atoms with Gasteiger partial charge in [-0.3, -0.25) is 4.90 Å². The number of thiophene rings is 1. The van der Waals surface area contributed by atoms with Crippen molar-refractivity contribution in [3.63, 3.8) is 0 Å². The predicted molar refractivity (Wildman–Crippen MR) is 69.2 cm³/mol. The maximum absolute atomic E-state index is 3.59. The Bertz CT molecular complexity index is 300. The van der Waals surface area contributed by atoms with E-state index in [0.29, 0.717) is 0 Å². The largest absolute Gasteiger partial charge is 0.294 e. The maximum atomic E-state index is 3.59. The van der Waals surface area contributed by atoms with Gasteiger partial charge in [0, 0.05) is 27.3 Å². The van der Waals surface area contributed by atoms with Gasteiger partial charge in [0.2, 0.25) is 0 Å². The number of alkyl halides is 1. The summed E-state index contributed by atoms with van der Waals surface area (Å²) in [5, 5.41) is 3.26. The summed E-state index contributed by atoms with van der Waals surface area (Å²) in [4.78, 5) is 4.03.